The molecule has 0 aliphatic carbocycles. The Labute approximate surface area is 121 Å². The normalized spacial score (nSPS) is 18.8. The Morgan fingerprint density at radius 2 is 2.39 bits per heavy atom. The largest absolute Gasteiger partial charge is 0.352 e. The van der Waals surface area contributed by atoms with E-state index >= 15 is 0 Å². The molecule has 0 saturated carbocycles. The van der Waals surface area contributed by atoms with Crippen LogP contribution >= 0.6 is 28.3 Å². The van der Waals surface area contributed by atoms with Crippen molar-refractivity contribution in [3.63, 3.8) is 0 Å². The standard InChI is InChI=1S/C12H16BrN3O.ClH/c13-11-4-10(7-15-8-11)12(17)16-6-9-2-1-3-14-5-9;/h4,7-9,14H,1-3,5-6H2,(H,16,17);1H. The molecule has 2 N–H and O–H groups in total. The van der Waals surface area contributed by atoms with E-state index < -0.39 is 0 Å². The topological polar surface area (TPSA) is 54.0 Å². The molecule has 0 bridgehead atoms. The van der Waals surface area contributed by atoms with Gasteiger partial charge in [-0.05, 0) is 53.8 Å². The number of amides is 1. The Kier molecular flexibility index (Phi) is 6.60. The van der Waals surface area contributed by atoms with E-state index in [0.29, 0.717) is 11.5 Å². The molecule has 6 heteroatoms. The van der Waals surface area contributed by atoms with Gasteiger partial charge in [0.05, 0.1) is 5.56 Å². The first-order chi connectivity index (χ1) is 8.25. The number of rotatable bonds is 3. The summed E-state index contributed by atoms with van der Waals surface area (Å²) in [5.74, 6) is 0.497. The van der Waals surface area contributed by atoms with E-state index in [1.165, 1.54) is 12.8 Å². The summed E-state index contributed by atoms with van der Waals surface area (Å²) in [7, 11) is 0. The second-order valence-corrected chi connectivity index (χ2v) is 5.23. The highest BCUT2D eigenvalue weighted by atomic mass is 79.9. The van der Waals surface area contributed by atoms with Crippen molar-refractivity contribution in [3.05, 3.63) is 28.5 Å². The zero-order valence-corrected chi connectivity index (χ0v) is 12.4. The van der Waals surface area contributed by atoms with Crippen LogP contribution in [0.25, 0.3) is 0 Å². The maximum atomic E-state index is 11.8. The number of carbonyl (C=O) groups excluding carboxylic acids is 1. The molecule has 2 rings (SSSR count). The van der Waals surface area contributed by atoms with Crippen molar-refractivity contribution in [2.45, 2.75) is 12.8 Å². The molecule has 1 aromatic rings. The van der Waals surface area contributed by atoms with Crippen molar-refractivity contribution in [1.29, 1.82) is 0 Å². The van der Waals surface area contributed by atoms with Crippen molar-refractivity contribution < 1.29 is 4.79 Å². The van der Waals surface area contributed by atoms with Gasteiger partial charge in [-0.2, -0.15) is 0 Å². The predicted molar refractivity (Wildman–Crippen MR) is 77.1 cm³/mol. The van der Waals surface area contributed by atoms with Crippen LogP contribution in [0.2, 0.25) is 0 Å². The van der Waals surface area contributed by atoms with E-state index in [9.17, 15) is 4.79 Å². The van der Waals surface area contributed by atoms with Gasteiger partial charge in [0, 0.05) is 23.4 Å². The molecule has 1 aliphatic heterocycles. The molecule has 2 heterocycles. The van der Waals surface area contributed by atoms with Gasteiger partial charge in [-0.25, -0.2) is 0 Å². The number of hydrogen-bond acceptors (Lipinski definition) is 3. The van der Waals surface area contributed by atoms with Gasteiger partial charge < -0.3 is 10.6 Å². The second-order valence-electron chi connectivity index (χ2n) is 4.31. The number of hydrogen-bond donors (Lipinski definition) is 2. The third-order valence-electron chi connectivity index (χ3n) is 2.92. The SMILES string of the molecule is Cl.O=C(NCC1CCCNC1)c1cncc(Br)c1. The first-order valence-electron chi connectivity index (χ1n) is 5.85. The average Bonchev–Trinajstić information content (AvgIpc) is 2.37. The zero-order chi connectivity index (χ0) is 12.1. The highest BCUT2D eigenvalue weighted by molar-refractivity contribution is 9.10. The van der Waals surface area contributed by atoms with Crippen molar-refractivity contribution in [3.8, 4) is 0 Å². The van der Waals surface area contributed by atoms with Crippen LogP contribution < -0.4 is 10.6 Å². The van der Waals surface area contributed by atoms with Crippen LogP contribution in [-0.4, -0.2) is 30.5 Å². The molecular formula is C12H17BrClN3O. The van der Waals surface area contributed by atoms with Crippen molar-refractivity contribution in [2.24, 2.45) is 5.92 Å². The highest BCUT2D eigenvalue weighted by Gasteiger charge is 2.14. The maximum Gasteiger partial charge on any atom is 0.252 e. The monoisotopic (exact) mass is 333 g/mol. The van der Waals surface area contributed by atoms with Crippen LogP contribution in [0.5, 0.6) is 0 Å². The predicted octanol–water partition coefficient (Wildman–Crippen LogP) is 2.00. The molecule has 0 radical (unpaired) electrons. The molecular weight excluding hydrogens is 318 g/mol. The average molecular weight is 335 g/mol. The van der Waals surface area contributed by atoms with Gasteiger partial charge in [0.2, 0.25) is 0 Å². The number of nitrogens with one attached hydrogen (secondary N) is 2. The molecule has 1 aliphatic rings. The first kappa shape index (κ1) is 15.4. The maximum absolute atomic E-state index is 11.8. The van der Waals surface area contributed by atoms with Crippen molar-refractivity contribution in [2.75, 3.05) is 19.6 Å². The molecule has 1 atom stereocenters. The van der Waals surface area contributed by atoms with Gasteiger partial charge in [-0.15, -0.1) is 12.4 Å². The molecule has 4 nitrogen and oxygen atoms in total. The Morgan fingerprint density at radius 3 is 3.06 bits per heavy atom. The molecule has 1 amide bonds. The van der Waals surface area contributed by atoms with E-state index in [4.69, 9.17) is 0 Å². The van der Waals surface area contributed by atoms with E-state index in [0.717, 1.165) is 24.1 Å². The molecule has 1 aromatic heterocycles. The van der Waals surface area contributed by atoms with Crippen molar-refractivity contribution in [1.82, 2.24) is 15.6 Å². The lowest BCUT2D eigenvalue weighted by Crippen LogP contribution is -2.38. The minimum absolute atomic E-state index is 0. The van der Waals surface area contributed by atoms with Crippen LogP contribution in [-0.2, 0) is 0 Å². The third kappa shape index (κ3) is 4.55. The molecule has 1 saturated heterocycles. The summed E-state index contributed by atoms with van der Waals surface area (Å²) >= 11 is 3.31. The lowest BCUT2D eigenvalue weighted by atomic mass is 10.00. The number of aromatic nitrogens is 1. The summed E-state index contributed by atoms with van der Waals surface area (Å²) in [5.41, 5.74) is 0.600. The first-order valence-corrected chi connectivity index (χ1v) is 6.64. The van der Waals surface area contributed by atoms with Crippen LogP contribution in [0.1, 0.15) is 23.2 Å². The van der Waals surface area contributed by atoms with E-state index in [1.807, 2.05) is 0 Å². The minimum atomic E-state index is -0.0515. The molecule has 100 valence electrons. The van der Waals surface area contributed by atoms with Gasteiger partial charge in [-0.3, -0.25) is 9.78 Å². The van der Waals surface area contributed by atoms with Gasteiger partial charge in [0.25, 0.3) is 5.91 Å². The molecule has 0 aromatic carbocycles. The van der Waals surface area contributed by atoms with Crippen LogP contribution in [0.4, 0.5) is 0 Å². The molecule has 1 fully saturated rings. The lowest BCUT2D eigenvalue weighted by molar-refractivity contribution is 0.0944. The highest BCUT2D eigenvalue weighted by Crippen LogP contribution is 2.11. The summed E-state index contributed by atoms with van der Waals surface area (Å²) in [6.07, 6.45) is 5.63. The summed E-state index contributed by atoms with van der Waals surface area (Å²) in [4.78, 5) is 15.8. The van der Waals surface area contributed by atoms with Gasteiger partial charge in [0.1, 0.15) is 0 Å². The van der Waals surface area contributed by atoms with E-state index in [1.54, 1.807) is 18.5 Å². The van der Waals surface area contributed by atoms with Crippen LogP contribution in [0, 0.1) is 5.92 Å². The lowest BCUT2D eigenvalue weighted by Gasteiger charge is -2.22. The number of piperidine rings is 1. The number of pyridine rings is 1. The Balaban J connectivity index is 0.00000162. The Hall–Kier alpha value is -0.650. The number of halogens is 2. The second kappa shape index (κ2) is 7.71. The Bertz CT molecular complexity index is 397. The van der Waals surface area contributed by atoms with E-state index in [-0.39, 0.29) is 18.3 Å². The van der Waals surface area contributed by atoms with Crippen LogP contribution in [0.3, 0.4) is 0 Å². The summed E-state index contributed by atoms with van der Waals surface area (Å²) in [5, 5.41) is 6.29. The zero-order valence-electron chi connectivity index (χ0n) is 9.99. The number of nitrogens with zero attached hydrogens (tertiary/aromatic N) is 1. The summed E-state index contributed by atoms with van der Waals surface area (Å²) in [6, 6.07) is 1.78. The minimum Gasteiger partial charge on any atom is -0.352 e. The Morgan fingerprint density at radius 1 is 1.56 bits per heavy atom. The quantitative estimate of drug-likeness (QED) is 0.889. The number of carbonyl (C=O) groups is 1. The molecule has 0 spiro atoms. The van der Waals surface area contributed by atoms with Crippen molar-refractivity contribution >= 4 is 34.2 Å². The fourth-order valence-electron chi connectivity index (χ4n) is 1.97. The molecule has 18 heavy (non-hydrogen) atoms. The summed E-state index contributed by atoms with van der Waals surface area (Å²) in [6.45, 7) is 2.83. The van der Waals surface area contributed by atoms with Crippen LogP contribution in [0.15, 0.2) is 22.9 Å². The van der Waals surface area contributed by atoms with Gasteiger partial charge in [-0.1, -0.05) is 0 Å². The fraction of sp³-hybridized carbons (Fsp3) is 0.500. The van der Waals surface area contributed by atoms with Gasteiger partial charge in [0.15, 0.2) is 0 Å². The van der Waals surface area contributed by atoms with E-state index in [2.05, 4.69) is 31.5 Å². The van der Waals surface area contributed by atoms with Gasteiger partial charge >= 0.3 is 0 Å². The third-order valence-corrected chi connectivity index (χ3v) is 3.35. The molecule has 1 unspecified atom stereocenters. The smallest absolute Gasteiger partial charge is 0.252 e. The fourth-order valence-corrected chi connectivity index (χ4v) is 2.34. The summed E-state index contributed by atoms with van der Waals surface area (Å²) < 4.78 is 0.824.